The van der Waals surface area contributed by atoms with Crippen molar-refractivity contribution in [3.05, 3.63) is 192 Å². The number of hydrogen-bond donors (Lipinski definition) is 2. The van der Waals surface area contributed by atoms with Crippen molar-refractivity contribution in [3.63, 3.8) is 0 Å². The summed E-state index contributed by atoms with van der Waals surface area (Å²) in [5.74, 6) is 0. The maximum atomic E-state index is 10.2. The number of benzene rings is 8. The number of rotatable bonds is 3. The minimum absolute atomic E-state index is 0.582. The summed E-state index contributed by atoms with van der Waals surface area (Å²) >= 11 is 0. The average molecular weight is 745 g/mol. The fourth-order valence-corrected chi connectivity index (χ4v) is 6.48. The number of aryl methyl sites for hydroxylation is 2. The highest BCUT2D eigenvalue weighted by atomic mass is 14.4. The van der Waals surface area contributed by atoms with Crippen molar-refractivity contribution < 1.29 is 0 Å². The quantitative estimate of drug-likeness (QED) is 0.139. The van der Waals surface area contributed by atoms with Gasteiger partial charge in [-0.2, -0.15) is 10.5 Å². The summed E-state index contributed by atoms with van der Waals surface area (Å²) in [4.78, 5) is 0. The van der Waals surface area contributed by atoms with Gasteiger partial charge in [-0.15, -0.1) is 0 Å². The summed E-state index contributed by atoms with van der Waals surface area (Å²) < 4.78 is 0. The Balaban J connectivity index is 0.000000325. The van der Waals surface area contributed by atoms with Crippen molar-refractivity contribution in [2.24, 2.45) is 0 Å². The topological polar surface area (TPSA) is 95.3 Å². The Morgan fingerprint density at radius 2 is 0.860 bits per heavy atom. The van der Waals surface area contributed by atoms with Crippen molar-refractivity contribution in [1.29, 1.82) is 21.3 Å². The van der Waals surface area contributed by atoms with Gasteiger partial charge in [-0.05, 0) is 82.6 Å². The van der Waals surface area contributed by atoms with Crippen molar-refractivity contribution in [2.45, 2.75) is 48.5 Å². The van der Waals surface area contributed by atoms with E-state index in [1.807, 2.05) is 120 Å². The van der Waals surface area contributed by atoms with Gasteiger partial charge in [-0.3, -0.25) is 0 Å². The van der Waals surface area contributed by atoms with E-state index in [9.17, 15) is 10.5 Å². The van der Waals surface area contributed by atoms with Crippen molar-refractivity contribution in [2.75, 3.05) is 0 Å². The molecule has 0 aliphatic carbocycles. The molecule has 0 unspecified atom stereocenters. The first-order valence-corrected chi connectivity index (χ1v) is 19.3. The van der Waals surface area contributed by atoms with Gasteiger partial charge in [0.1, 0.15) is 12.1 Å². The molecule has 8 rings (SSSR count). The van der Waals surface area contributed by atoms with Crippen LogP contribution in [0.4, 0.5) is 0 Å². The van der Waals surface area contributed by atoms with Crippen molar-refractivity contribution in [3.8, 4) is 34.4 Å². The van der Waals surface area contributed by atoms with Gasteiger partial charge in [0.2, 0.25) is 0 Å². The second-order valence-electron chi connectivity index (χ2n) is 12.4. The van der Waals surface area contributed by atoms with Crippen LogP contribution in [-0.2, 0) is 0 Å². The van der Waals surface area contributed by atoms with Crippen molar-refractivity contribution >= 4 is 44.7 Å². The molecular formula is C53H52N4. The zero-order chi connectivity index (χ0) is 41.7. The lowest BCUT2D eigenvalue weighted by Gasteiger charge is -2.14. The molecule has 0 fully saturated rings. The lowest BCUT2D eigenvalue weighted by atomic mass is 9.87. The van der Waals surface area contributed by atoms with E-state index >= 15 is 0 Å². The number of nitriles is 2. The van der Waals surface area contributed by atoms with E-state index < -0.39 is 0 Å². The molecule has 0 aliphatic rings. The van der Waals surface area contributed by atoms with Gasteiger partial charge in [-0.1, -0.05) is 191 Å². The molecule has 8 aromatic carbocycles. The third kappa shape index (κ3) is 10.8. The second-order valence-corrected chi connectivity index (χ2v) is 12.4. The molecule has 0 radical (unpaired) electrons. The van der Waals surface area contributed by atoms with Gasteiger partial charge in [-0.25, -0.2) is 0 Å². The number of nitrogens with zero attached hydrogens (tertiary/aromatic N) is 2. The molecule has 0 spiro atoms. The van der Waals surface area contributed by atoms with Crippen LogP contribution in [0.15, 0.2) is 164 Å². The zero-order valence-electron chi connectivity index (χ0n) is 34.2. The summed E-state index contributed by atoms with van der Waals surface area (Å²) in [5, 5.41) is 40.0. The molecule has 0 heterocycles. The van der Waals surface area contributed by atoms with Gasteiger partial charge < -0.3 is 10.8 Å². The fourth-order valence-electron chi connectivity index (χ4n) is 6.48. The first kappa shape index (κ1) is 44.3. The van der Waals surface area contributed by atoms with Crippen LogP contribution in [0.3, 0.4) is 0 Å². The molecule has 8 aromatic rings. The van der Waals surface area contributed by atoms with E-state index in [1.54, 1.807) is 6.92 Å². The SMILES string of the molecule is C=N.CC.CC.CC(=N)c1ccccc1.Cc1cccc(-c2cccc(-c3ccc4c5ccccc5c5ccccc5c4c3)c2C#N)c1C#N.Cc1ccccc1. The lowest BCUT2D eigenvalue weighted by molar-refractivity contribution is 1.38. The summed E-state index contributed by atoms with van der Waals surface area (Å²) in [5.41, 5.74) is 8.48. The third-order valence-electron chi connectivity index (χ3n) is 9.05. The predicted octanol–water partition coefficient (Wildman–Crippen LogP) is 14.9. The van der Waals surface area contributed by atoms with E-state index in [0.29, 0.717) is 16.8 Å². The molecule has 0 atom stereocenters. The summed E-state index contributed by atoms with van der Waals surface area (Å²) in [6, 6.07) is 59.9. The minimum atomic E-state index is 0.582. The summed E-state index contributed by atoms with van der Waals surface area (Å²) in [7, 11) is 0. The first-order valence-electron chi connectivity index (χ1n) is 19.3. The molecule has 0 aromatic heterocycles. The molecule has 284 valence electrons. The molecule has 0 saturated heterocycles. The average Bonchev–Trinajstić information content (AvgIpc) is 3.29. The maximum Gasteiger partial charge on any atom is 0.100 e. The van der Waals surface area contributed by atoms with E-state index in [1.165, 1.54) is 37.9 Å². The highest BCUT2D eigenvalue weighted by Gasteiger charge is 2.16. The summed E-state index contributed by atoms with van der Waals surface area (Å²) in [6.45, 7) is 16.3. The second kappa shape index (κ2) is 22.9. The van der Waals surface area contributed by atoms with Gasteiger partial charge >= 0.3 is 0 Å². The minimum Gasteiger partial charge on any atom is -0.317 e. The Hall–Kier alpha value is -7.14. The highest BCUT2D eigenvalue weighted by Crippen LogP contribution is 2.39. The van der Waals surface area contributed by atoms with Crippen molar-refractivity contribution in [1.82, 2.24) is 0 Å². The predicted molar refractivity (Wildman–Crippen MR) is 247 cm³/mol. The monoisotopic (exact) mass is 744 g/mol. The smallest absolute Gasteiger partial charge is 0.100 e. The first-order chi connectivity index (χ1) is 27.9. The molecule has 0 aliphatic heterocycles. The van der Waals surface area contributed by atoms with E-state index in [0.717, 1.165) is 33.4 Å². The van der Waals surface area contributed by atoms with Crippen LogP contribution in [0, 0.1) is 47.3 Å². The Labute approximate surface area is 339 Å². The Bertz CT molecular complexity index is 2580. The molecule has 4 heteroatoms. The van der Waals surface area contributed by atoms with Gasteiger partial charge in [0.25, 0.3) is 0 Å². The Morgan fingerprint density at radius 3 is 1.30 bits per heavy atom. The largest absolute Gasteiger partial charge is 0.317 e. The van der Waals surface area contributed by atoms with Crippen LogP contribution in [0.2, 0.25) is 0 Å². The van der Waals surface area contributed by atoms with E-state index in [2.05, 4.69) is 105 Å². The summed E-state index contributed by atoms with van der Waals surface area (Å²) in [6.07, 6.45) is 0. The van der Waals surface area contributed by atoms with Crippen LogP contribution in [0.25, 0.3) is 54.6 Å². The normalized spacial score (nSPS) is 9.49. The molecule has 2 N–H and O–H groups in total. The van der Waals surface area contributed by atoms with Crippen LogP contribution in [-0.4, -0.2) is 12.4 Å². The van der Waals surface area contributed by atoms with Gasteiger partial charge in [0, 0.05) is 22.4 Å². The van der Waals surface area contributed by atoms with Crippen LogP contribution < -0.4 is 0 Å². The van der Waals surface area contributed by atoms with Crippen LogP contribution >= 0.6 is 0 Å². The van der Waals surface area contributed by atoms with Gasteiger partial charge in [0.15, 0.2) is 0 Å². The van der Waals surface area contributed by atoms with Crippen LogP contribution in [0.1, 0.15) is 62.4 Å². The molecule has 0 bridgehead atoms. The molecule has 4 nitrogen and oxygen atoms in total. The van der Waals surface area contributed by atoms with Crippen LogP contribution in [0.5, 0.6) is 0 Å². The highest BCUT2D eigenvalue weighted by molar-refractivity contribution is 6.25. The number of fused-ring (bicyclic) bond motifs is 6. The molecule has 0 saturated carbocycles. The molecule has 0 amide bonds. The Morgan fingerprint density at radius 1 is 0.456 bits per heavy atom. The van der Waals surface area contributed by atoms with E-state index in [-0.39, 0.29) is 0 Å². The molecular weight excluding hydrogens is 693 g/mol. The lowest BCUT2D eigenvalue weighted by Crippen LogP contribution is -1.94. The fraction of sp³-hybridized carbons (Fsp3) is 0.132. The molecule has 57 heavy (non-hydrogen) atoms. The Kier molecular flexibility index (Phi) is 17.8. The number of nitrogens with one attached hydrogen (secondary N) is 2. The van der Waals surface area contributed by atoms with Gasteiger partial charge in [0.05, 0.1) is 11.1 Å². The standard InChI is InChI=1S/C33H20N2.C8H9N.C7H8.2C2H6.CH3N/c1-21-8-6-14-28(32(21)19-34)29-15-7-13-23(33(29)20-35)22-16-17-30-26-11-3-2-9-24(26)25-10-4-5-12-27(25)31(30)18-22;1-7(9)8-5-3-2-4-6-8;1-7-5-3-2-4-6-7;3*1-2/h2-18H,1H3;2-6,9H,1H3;2-6H,1H3;2*1-2H3;2H,1H2. The third-order valence-corrected chi connectivity index (χ3v) is 9.05. The maximum absolute atomic E-state index is 10.2. The van der Waals surface area contributed by atoms with E-state index in [4.69, 9.17) is 10.8 Å². The number of hydrogen-bond acceptors (Lipinski definition) is 4. The zero-order valence-corrected chi connectivity index (χ0v) is 34.2.